The first-order chi connectivity index (χ1) is 16.1. The average Bonchev–Trinajstić information content (AvgIpc) is 3.13. The minimum Gasteiger partial charge on any atom is -0.396 e. The Labute approximate surface area is 196 Å². The average molecular weight is 438 g/mol. The summed E-state index contributed by atoms with van der Waals surface area (Å²) in [4.78, 5) is 16.1. The van der Waals surface area contributed by atoms with E-state index in [4.69, 9.17) is 0 Å². The molecule has 3 aromatic carbocycles. The fourth-order valence-electron chi connectivity index (χ4n) is 7.72. The molecule has 33 heavy (non-hydrogen) atoms. The minimum atomic E-state index is -0.409. The predicted molar refractivity (Wildman–Crippen MR) is 130 cm³/mol. The highest BCUT2D eigenvalue weighted by atomic mass is 16.3. The number of hydrogen-bond donors (Lipinski definition) is 1. The van der Waals surface area contributed by atoms with Crippen LogP contribution in [0.2, 0.25) is 0 Å². The molecular formula is C30H31NO2. The number of rotatable bonds is 5. The van der Waals surface area contributed by atoms with Crippen molar-refractivity contribution in [1.29, 1.82) is 0 Å². The smallest absolute Gasteiger partial charge is 0.227 e. The number of hydrogen-bond acceptors (Lipinski definition) is 2. The maximum atomic E-state index is 14.1. The van der Waals surface area contributed by atoms with Crippen molar-refractivity contribution < 1.29 is 9.90 Å². The van der Waals surface area contributed by atoms with Gasteiger partial charge in [-0.3, -0.25) is 4.79 Å². The fraction of sp³-hybridized carbons (Fsp3) is 0.367. The maximum Gasteiger partial charge on any atom is 0.227 e. The number of carbonyl (C=O) groups excluding carboxylic acids is 1. The van der Waals surface area contributed by atoms with Crippen LogP contribution in [0.1, 0.15) is 59.4 Å². The number of carbonyl (C=O) groups is 1. The molecule has 168 valence electrons. The Bertz CT molecular complexity index is 1160. The summed E-state index contributed by atoms with van der Waals surface area (Å²) in [6.45, 7) is 2.49. The van der Waals surface area contributed by atoms with E-state index < -0.39 is 5.41 Å². The lowest BCUT2D eigenvalue weighted by atomic mass is 9.43. The summed E-state index contributed by atoms with van der Waals surface area (Å²) in [6, 6.07) is 28.6. The third kappa shape index (κ3) is 2.57. The lowest BCUT2D eigenvalue weighted by Gasteiger charge is -2.58. The number of aliphatic hydroxyl groups is 1. The van der Waals surface area contributed by atoms with Crippen LogP contribution >= 0.6 is 0 Å². The zero-order valence-corrected chi connectivity index (χ0v) is 19.3. The van der Waals surface area contributed by atoms with Gasteiger partial charge < -0.3 is 10.0 Å². The molecule has 0 radical (unpaired) electrons. The van der Waals surface area contributed by atoms with Gasteiger partial charge in [-0.25, -0.2) is 0 Å². The van der Waals surface area contributed by atoms with Crippen LogP contribution in [-0.2, 0) is 10.2 Å². The molecule has 0 unspecified atom stereocenters. The number of amides is 1. The second kappa shape index (κ2) is 7.56. The molecule has 3 aliphatic carbocycles. The van der Waals surface area contributed by atoms with Gasteiger partial charge in [-0.1, -0.05) is 85.8 Å². The van der Waals surface area contributed by atoms with Crippen molar-refractivity contribution in [3.8, 4) is 0 Å². The number of aliphatic hydroxyl groups excluding tert-OH is 1. The summed E-state index contributed by atoms with van der Waals surface area (Å²) in [7, 11) is 1.98. The largest absolute Gasteiger partial charge is 0.396 e. The van der Waals surface area contributed by atoms with E-state index >= 15 is 0 Å². The zero-order chi connectivity index (χ0) is 22.7. The minimum absolute atomic E-state index is 0.101. The maximum absolute atomic E-state index is 14.1. The molecule has 2 bridgehead atoms. The van der Waals surface area contributed by atoms with Crippen molar-refractivity contribution in [2.75, 3.05) is 13.7 Å². The molecule has 4 atom stereocenters. The van der Waals surface area contributed by atoms with Crippen molar-refractivity contribution >= 4 is 5.91 Å². The van der Waals surface area contributed by atoms with Crippen molar-refractivity contribution in [3.05, 3.63) is 107 Å². The molecule has 1 N–H and O–H groups in total. The first-order valence-corrected chi connectivity index (χ1v) is 12.2. The van der Waals surface area contributed by atoms with Crippen molar-refractivity contribution in [2.45, 2.75) is 43.1 Å². The van der Waals surface area contributed by atoms with Gasteiger partial charge in [0, 0.05) is 36.9 Å². The topological polar surface area (TPSA) is 40.5 Å². The molecule has 0 spiro atoms. The van der Waals surface area contributed by atoms with Crippen LogP contribution < -0.4 is 0 Å². The van der Waals surface area contributed by atoms with E-state index in [0.717, 1.165) is 12.8 Å². The number of nitrogens with zero attached hydrogens (tertiary/aromatic N) is 1. The summed E-state index contributed by atoms with van der Waals surface area (Å²) in [6.07, 6.45) is 1.57. The summed E-state index contributed by atoms with van der Waals surface area (Å²) in [5.41, 5.74) is 6.30. The first kappa shape index (κ1) is 20.7. The molecule has 3 nitrogen and oxygen atoms in total. The van der Waals surface area contributed by atoms with E-state index in [-0.39, 0.29) is 42.2 Å². The molecule has 3 heteroatoms. The van der Waals surface area contributed by atoms with Crippen LogP contribution in [0.4, 0.5) is 0 Å². The van der Waals surface area contributed by atoms with Gasteiger partial charge in [0.25, 0.3) is 0 Å². The van der Waals surface area contributed by atoms with E-state index in [2.05, 4.69) is 85.8 Å². The van der Waals surface area contributed by atoms with Gasteiger partial charge in [0.05, 0.1) is 5.92 Å². The Hall–Kier alpha value is -2.91. The van der Waals surface area contributed by atoms with E-state index in [1.54, 1.807) is 0 Å². The van der Waals surface area contributed by atoms with Crippen LogP contribution in [0.5, 0.6) is 0 Å². The summed E-state index contributed by atoms with van der Waals surface area (Å²) >= 11 is 0. The van der Waals surface area contributed by atoms with Gasteiger partial charge in [-0.15, -0.1) is 0 Å². The summed E-state index contributed by atoms with van der Waals surface area (Å²) < 4.78 is 0. The molecule has 1 saturated heterocycles. The van der Waals surface area contributed by atoms with Crippen LogP contribution in [-0.4, -0.2) is 35.6 Å². The lowest BCUT2D eigenvalue weighted by Crippen LogP contribution is -2.56. The van der Waals surface area contributed by atoms with E-state index in [1.165, 1.54) is 27.8 Å². The molecule has 0 aromatic heterocycles. The Morgan fingerprint density at radius 3 is 2.09 bits per heavy atom. The van der Waals surface area contributed by atoms with Crippen LogP contribution in [0.15, 0.2) is 78.9 Å². The van der Waals surface area contributed by atoms with Crippen LogP contribution in [0.25, 0.3) is 0 Å². The van der Waals surface area contributed by atoms with Crippen LogP contribution in [0.3, 0.4) is 0 Å². The van der Waals surface area contributed by atoms with Gasteiger partial charge in [0.1, 0.15) is 0 Å². The highest BCUT2D eigenvalue weighted by molar-refractivity contribution is 5.88. The summed E-state index contributed by atoms with van der Waals surface area (Å²) in [5.74, 6) is 0.731. The molecular weight excluding hydrogens is 406 g/mol. The van der Waals surface area contributed by atoms with Gasteiger partial charge >= 0.3 is 0 Å². The van der Waals surface area contributed by atoms with Gasteiger partial charge in [-0.05, 0) is 46.6 Å². The molecule has 3 aromatic rings. The zero-order valence-electron chi connectivity index (χ0n) is 19.3. The predicted octanol–water partition coefficient (Wildman–Crippen LogP) is 5.08. The third-order valence-electron chi connectivity index (χ3n) is 8.94. The third-order valence-corrected chi connectivity index (χ3v) is 8.94. The molecule has 4 aliphatic rings. The van der Waals surface area contributed by atoms with E-state index in [0.29, 0.717) is 0 Å². The number of benzene rings is 3. The van der Waals surface area contributed by atoms with Crippen molar-refractivity contribution in [3.63, 3.8) is 0 Å². The summed E-state index contributed by atoms with van der Waals surface area (Å²) in [5, 5.41) is 9.61. The van der Waals surface area contributed by atoms with Crippen LogP contribution in [0, 0.1) is 11.8 Å². The Morgan fingerprint density at radius 2 is 1.48 bits per heavy atom. The van der Waals surface area contributed by atoms with Gasteiger partial charge in [0.15, 0.2) is 0 Å². The highest BCUT2D eigenvalue weighted by Crippen LogP contribution is 2.68. The Morgan fingerprint density at radius 1 is 0.909 bits per heavy atom. The lowest BCUT2D eigenvalue weighted by molar-refractivity contribution is -0.133. The molecule has 1 heterocycles. The monoisotopic (exact) mass is 437 g/mol. The second-order valence-corrected chi connectivity index (χ2v) is 10.1. The Balaban J connectivity index is 1.68. The molecule has 0 saturated carbocycles. The molecule has 1 aliphatic heterocycles. The fourth-order valence-corrected chi connectivity index (χ4v) is 7.72. The standard InChI is InChI=1S/C30H31NO2/c1-19(20-11-4-3-5-12-20)30-23-15-8-6-13-21(23)26(22-14-7-9-16-24(22)30)27-25(17-10-18-32)31(2)29(33)28(27)30/h3-9,11-16,19,25-28,32H,10,17-18H2,1-2H3/t19-,25+,26?,27-,28+,30?/m1/s1. The highest BCUT2D eigenvalue weighted by Gasteiger charge is 2.68. The van der Waals surface area contributed by atoms with E-state index in [1.807, 2.05) is 11.9 Å². The van der Waals surface area contributed by atoms with E-state index in [9.17, 15) is 9.90 Å². The quantitative estimate of drug-likeness (QED) is 0.605. The Kier molecular flexibility index (Phi) is 4.74. The second-order valence-electron chi connectivity index (χ2n) is 10.1. The first-order valence-electron chi connectivity index (χ1n) is 12.2. The van der Waals surface area contributed by atoms with Gasteiger partial charge in [-0.2, -0.15) is 0 Å². The SMILES string of the molecule is C[C@H](c1ccccc1)C12c3ccccc3C(c3ccccc31)[C@@H]1[C@H]2C(=O)N(C)[C@H]1CCCO. The van der Waals surface area contributed by atoms with Gasteiger partial charge in [0.2, 0.25) is 5.91 Å². The van der Waals surface area contributed by atoms with Crippen molar-refractivity contribution in [1.82, 2.24) is 4.90 Å². The van der Waals surface area contributed by atoms with Crippen molar-refractivity contribution in [2.24, 2.45) is 11.8 Å². The number of likely N-dealkylation sites (tertiary alicyclic amines) is 1. The molecule has 1 amide bonds. The normalized spacial score (nSPS) is 30.0. The molecule has 1 fully saturated rings. The molecule has 7 rings (SSSR count).